The lowest BCUT2D eigenvalue weighted by Gasteiger charge is -2.38. The Morgan fingerprint density at radius 1 is 1.18 bits per heavy atom. The van der Waals surface area contributed by atoms with E-state index >= 15 is 0 Å². The number of hydrogen-bond donors (Lipinski definition) is 1. The molecule has 4 atom stereocenters. The topological polar surface area (TPSA) is 70.3 Å². The molecule has 0 spiro atoms. The fraction of sp³-hybridized carbons (Fsp3) is 0.379. The molecule has 1 saturated heterocycles. The average molecular weight is 553 g/mol. The van der Waals surface area contributed by atoms with Crippen LogP contribution in [0.25, 0.3) is 0 Å². The molecular formula is C29H34ClN4O3P. The molecular weight excluding hydrogens is 519 g/mol. The van der Waals surface area contributed by atoms with Crippen LogP contribution in [0.4, 0.5) is 5.69 Å². The number of likely N-dealkylation sites (N-methyl/N-ethyl adjacent to an activating group) is 1. The first-order valence-electron chi connectivity index (χ1n) is 12.8. The maximum absolute atomic E-state index is 14.3. The van der Waals surface area contributed by atoms with Gasteiger partial charge < -0.3 is 19.4 Å². The smallest absolute Gasteiger partial charge is 0.249 e. The predicted octanol–water partition coefficient (Wildman–Crippen LogP) is 4.26. The molecule has 4 unspecified atom stereocenters. The van der Waals surface area contributed by atoms with E-state index in [1.807, 2.05) is 61.3 Å². The van der Waals surface area contributed by atoms with Crippen molar-refractivity contribution in [1.82, 2.24) is 10.2 Å². The lowest BCUT2D eigenvalue weighted by Crippen LogP contribution is -2.58. The van der Waals surface area contributed by atoms with Crippen LogP contribution in [0.15, 0.2) is 64.1 Å². The molecule has 1 aromatic heterocycles. The van der Waals surface area contributed by atoms with Gasteiger partial charge in [0.15, 0.2) is 10.8 Å². The summed E-state index contributed by atoms with van der Waals surface area (Å²) in [6.45, 7) is 8.73. The number of anilines is 1. The number of rotatable bonds is 6. The van der Waals surface area contributed by atoms with Crippen molar-refractivity contribution in [2.24, 2.45) is 5.10 Å². The van der Waals surface area contributed by atoms with Gasteiger partial charge in [-0.1, -0.05) is 42.0 Å². The molecule has 0 bridgehead atoms. The van der Waals surface area contributed by atoms with Gasteiger partial charge in [0.2, 0.25) is 5.91 Å². The fourth-order valence-electron chi connectivity index (χ4n) is 5.38. The normalized spacial score (nSPS) is 23.9. The Morgan fingerprint density at radius 2 is 1.95 bits per heavy atom. The molecule has 0 saturated carbocycles. The number of hydrogen-bond acceptors (Lipinski definition) is 6. The van der Waals surface area contributed by atoms with Crippen LogP contribution in [0.3, 0.4) is 0 Å². The number of nitrogens with one attached hydrogen (secondary N) is 1. The quantitative estimate of drug-likeness (QED) is 0.463. The highest BCUT2D eigenvalue weighted by atomic mass is 35.5. The van der Waals surface area contributed by atoms with Gasteiger partial charge in [-0.15, -0.1) is 9.24 Å². The summed E-state index contributed by atoms with van der Waals surface area (Å²) in [4.78, 5) is 16.5. The first kappa shape index (κ1) is 26.9. The van der Waals surface area contributed by atoms with Crippen LogP contribution in [0, 0.1) is 13.8 Å². The van der Waals surface area contributed by atoms with Crippen LogP contribution in [0.2, 0.25) is 5.22 Å². The van der Waals surface area contributed by atoms with Gasteiger partial charge in [-0.05, 0) is 74.1 Å². The summed E-state index contributed by atoms with van der Waals surface area (Å²) in [5.41, 5.74) is 3.55. The van der Waals surface area contributed by atoms with Crippen LogP contribution < -0.4 is 15.6 Å². The number of furan rings is 1. The molecule has 1 fully saturated rings. The van der Waals surface area contributed by atoms with E-state index in [2.05, 4.69) is 39.5 Å². The van der Waals surface area contributed by atoms with Crippen molar-refractivity contribution in [2.75, 3.05) is 38.3 Å². The Morgan fingerprint density at radius 3 is 2.61 bits per heavy atom. The first-order valence-corrected chi connectivity index (χ1v) is 13.8. The molecule has 5 rings (SSSR count). The number of carbonyl (C=O) groups excluding carboxylic acids is 1. The predicted molar refractivity (Wildman–Crippen MR) is 156 cm³/mol. The van der Waals surface area contributed by atoms with Gasteiger partial charge >= 0.3 is 0 Å². The number of hydrazone groups is 1. The minimum atomic E-state index is -1.14. The summed E-state index contributed by atoms with van der Waals surface area (Å²) in [6, 6.07) is 17.8. The number of ether oxygens (including phenoxy) is 1. The van der Waals surface area contributed by atoms with E-state index in [-0.39, 0.29) is 17.2 Å². The Kier molecular flexibility index (Phi) is 7.65. The third-order valence-electron chi connectivity index (χ3n) is 7.44. The summed E-state index contributed by atoms with van der Waals surface area (Å²) in [7, 11) is 4.77. The van der Waals surface area contributed by atoms with Gasteiger partial charge in [0.05, 0.1) is 30.0 Å². The third kappa shape index (κ3) is 5.13. The average Bonchev–Trinajstić information content (AvgIpc) is 3.44. The van der Waals surface area contributed by atoms with Crippen LogP contribution >= 0.6 is 20.8 Å². The van der Waals surface area contributed by atoms with E-state index in [0.29, 0.717) is 18.9 Å². The zero-order chi connectivity index (χ0) is 27.0. The molecule has 7 nitrogen and oxygen atoms in total. The molecule has 2 aromatic carbocycles. The molecule has 9 heteroatoms. The van der Waals surface area contributed by atoms with Crippen LogP contribution in [0.5, 0.6) is 0 Å². The molecule has 0 radical (unpaired) electrons. The number of benzene rings is 2. The molecule has 3 heterocycles. The largest absolute Gasteiger partial charge is 0.449 e. The highest BCUT2D eigenvalue weighted by Gasteiger charge is 2.56. The number of morpholine rings is 1. The van der Waals surface area contributed by atoms with E-state index in [1.54, 1.807) is 6.07 Å². The van der Waals surface area contributed by atoms with Crippen molar-refractivity contribution in [1.29, 1.82) is 0 Å². The van der Waals surface area contributed by atoms with Gasteiger partial charge in [-0.3, -0.25) is 4.79 Å². The second-order valence-electron chi connectivity index (χ2n) is 10.4. The molecule has 200 valence electrons. The molecule has 1 amide bonds. The zero-order valence-electron chi connectivity index (χ0n) is 22.2. The first-order chi connectivity index (χ1) is 18.2. The highest BCUT2D eigenvalue weighted by Crippen LogP contribution is 2.46. The minimum Gasteiger partial charge on any atom is -0.449 e. The summed E-state index contributed by atoms with van der Waals surface area (Å²) in [6.07, 6.45) is -0.0799. The fourth-order valence-corrected chi connectivity index (χ4v) is 5.73. The standard InChI is InChI=1S/C29H34ClN4O3P/c1-18-5-10-23(19(2)15-18)34-29(3,28(35)31-16-21-17-33(4)13-14-36-21)26(24-11-12-25(30)37-24)27(32-34)20-6-8-22(38)9-7-20/h5-12,15,21,26H,13-14,16-17,38H2,1-4H3,(H,31,35). The van der Waals surface area contributed by atoms with Gasteiger partial charge in [0.25, 0.3) is 0 Å². The maximum Gasteiger partial charge on any atom is 0.249 e. The van der Waals surface area contributed by atoms with Crippen molar-refractivity contribution in [3.05, 3.63) is 82.3 Å². The van der Waals surface area contributed by atoms with E-state index in [9.17, 15) is 4.79 Å². The Hall–Kier alpha value is -2.70. The molecule has 0 aliphatic carbocycles. The second-order valence-corrected chi connectivity index (χ2v) is 11.4. The molecule has 2 aliphatic rings. The van der Waals surface area contributed by atoms with Crippen LogP contribution in [0.1, 0.15) is 35.3 Å². The van der Waals surface area contributed by atoms with Crippen molar-refractivity contribution in [3.63, 3.8) is 0 Å². The second kappa shape index (κ2) is 10.8. The lowest BCUT2D eigenvalue weighted by molar-refractivity contribution is -0.127. The Bertz CT molecular complexity index is 1360. The molecule has 38 heavy (non-hydrogen) atoms. The van der Waals surface area contributed by atoms with Crippen molar-refractivity contribution >= 4 is 43.5 Å². The number of halogens is 1. The molecule has 1 N–H and O–H groups in total. The monoisotopic (exact) mass is 552 g/mol. The highest BCUT2D eigenvalue weighted by molar-refractivity contribution is 7.27. The van der Waals surface area contributed by atoms with Crippen LogP contribution in [-0.4, -0.2) is 61.5 Å². The SMILES string of the molecule is Cc1ccc(N2N=C(c3ccc(P)cc3)C(c3ccc(Cl)o3)C2(C)C(=O)NCC2CN(C)CCO2)c(C)c1. The van der Waals surface area contributed by atoms with Gasteiger partial charge in [0.1, 0.15) is 5.76 Å². The van der Waals surface area contributed by atoms with Crippen LogP contribution in [-0.2, 0) is 9.53 Å². The van der Waals surface area contributed by atoms with Crippen molar-refractivity contribution < 1.29 is 13.9 Å². The molecule has 3 aromatic rings. The van der Waals surface area contributed by atoms with Gasteiger partial charge in [-0.25, -0.2) is 5.01 Å². The number of carbonyl (C=O) groups is 1. The molecule has 2 aliphatic heterocycles. The van der Waals surface area contributed by atoms with E-state index in [4.69, 9.17) is 25.9 Å². The minimum absolute atomic E-state index is 0.0799. The number of aryl methyl sites for hydroxylation is 2. The number of nitrogens with zero attached hydrogens (tertiary/aromatic N) is 3. The third-order valence-corrected chi connectivity index (χ3v) is 8.03. The van der Waals surface area contributed by atoms with E-state index in [0.717, 1.165) is 46.5 Å². The van der Waals surface area contributed by atoms with Crippen molar-refractivity contribution in [2.45, 2.75) is 38.3 Å². The zero-order valence-corrected chi connectivity index (χ0v) is 24.1. The van der Waals surface area contributed by atoms with Gasteiger partial charge in [-0.2, -0.15) is 5.10 Å². The number of amides is 1. The Balaban J connectivity index is 1.61. The summed E-state index contributed by atoms with van der Waals surface area (Å²) in [5.74, 6) is -0.0866. The summed E-state index contributed by atoms with van der Waals surface area (Å²) >= 11 is 6.25. The summed E-state index contributed by atoms with van der Waals surface area (Å²) < 4.78 is 11.9. The van der Waals surface area contributed by atoms with E-state index < -0.39 is 11.5 Å². The maximum atomic E-state index is 14.3. The van der Waals surface area contributed by atoms with Crippen molar-refractivity contribution in [3.8, 4) is 0 Å². The Labute approximate surface area is 231 Å². The van der Waals surface area contributed by atoms with Gasteiger partial charge in [0, 0.05) is 19.6 Å². The van der Waals surface area contributed by atoms with E-state index in [1.165, 1.54) is 0 Å². The summed E-state index contributed by atoms with van der Waals surface area (Å²) in [5, 5.41) is 11.5. The lowest BCUT2D eigenvalue weighted by atomic mass is 9.78.